The highest BCUT2D eigenvalue weighted by Gasteiger charge is 2.39. The van der Waals surface area contributed by atoms with Gasteiger partial charge in [0.25, 0.3) is 14.7 Å². The molecule has 0 aliphatic rings. The Labute approximate surface area is 118 Å². The van der Waals surface area contributed by atoms with Gasteiger partial charge in [-0.1, -0.05) is 26.8 Å². The van der Waals surface area contributed by atoms with E-state index in [4.69, 9.17) is 4.43 Å². The molecule has 0 spiro atoms. The average Bonchev–Trinajstić information content (AvgIpc) is 2.72. The van der Waals surface area contributed by atoms with Crippen LogP contribution in [0.15, 0.2) is 18.2 Å². The molecule has 0 aliphatic carbocycles. The third-order valence-electron chi connectivity index (χ3n) is 3.87. The lowest BCUT2D eigenvalue weighted by Gasteiger charge is -2.36. The number of aromatic amines is 1. The zero-order valence-corrected chi connectivity index (χ0v) is 13.4. The summed E-state index contributed by atoms with van der Waals surface area (Å²) in [5.74, 6) is 0.267. The Morgan fingerprint density at radius 3 is 2.45 bits per heavy atom. The van der Waals surface area contributed by atoms with Crippen LogP contribution < -0.4 is 4.43 Å². The smallest absolute Gasteiger partial charge is 0.295 e. The average molecular weight is 298 g/mol. The maximum Gasteiger partial charge on any atom is 0.295 e. The van der Waals surface area contributed by atoms with Crippen LogP contribution in [-0.2, 0) is 0 Å². The summed E-state index contributed by atoms with van der Waals surface area (Å²) in [4.78, 5) is 6.60. The van der Waals surface area contributed by atoms with Gasteiger partial charge in [0.05, 0.1) is 5.52 Å². The Morgan fingerprint density at radius 2 is 1.90 bits per heavy atom. The monoisotopic (exact) mass is 298 g/mol. The lowest BCUT2D eigenvalue weighted by Crippen LogP contribution is -2.43. The van der Waals surface area contributed by atoms with Crippen molar-refractivity contribution in [1.29, 1.82) is 0 Å². The SMILES string of the molecule is CC(C)(C)[Si](C)(C)Oc1cccc2[nH]c(C(F)F)nc12. The van der Waals surface area contributed by atoms with E-state index in [1.165, 1.54) is 0 Å². The number of hydrogen-bond acceptors (Lipinski definition) is 2. The third kappa shape index (κ3) is 2.70. The van der Waals surface area contributed by atoms with Crippen LogP contribution >= 0.6 is 0 Å². The summed E-state index contributed by atoms with van der Waals surface area (Å²) < 4.78 is 31.7. The fourth-order valence-electron chi connectivity index (χ4n) is 1.64. The molecule has 6 heteroatoms. The molecule has 1 heterocycles. The van der Waals surface area contributed by atoms with Crippen LogP contribution in [0.25, 0.3) is 11.0 Å². The fraction of sp³-hybridized carbons (Fsp3) is 0.500. The van der Waals surface area contributed by atoms with Gasteiger partial charge in [-0.15, -0.1) is 0 Å². The molecule has 1 aromatic heterocycles. The number of aromatic nitrogens is 2. The molecule has 0 fully saturated rings. The van der Waals surface area contributed by atoms with Crippen molar-refractivity contribution in [2.45, 2.75) is 45.3 Å². The van der Waals surface area contributed by atoms with E-state index in [1.807, 2.05) is 0 Å². The second kappa shape index (κ2) is 4.84. The van der Waals surface area contributed by atoms with E-state index in [0.717, 1.165) is 0 Å². The summed E-state index contributed by atoms with van der Waals surface area (Å²) in [5.41, 5.74) is 1.06. The van der Waals surface area contributed by atoms with Crippen LogP contribution in [-0.4, -0.2) is 18.3 Å². The molecule has 3 nitrogen and oxygen atoms in total. The highest BCUT2D eigenvalue weighted by molar-refractivity contribution is 6.74. The maximum absolute atomic E-state index is 12.7. The van der Waals surface area contributed by atoms with Gasteiger partial charge >= 0.3 is 0 Å². The highest BCUT2D eigenvalue weighted by Crippen LogP contribution is 2.39. The molecule has 0 aliphatic heterocycles. The molecule has 1 aromatic carbocycles. The Kier molecular flexibility index (Phi) is 3.62. The van der Waals surface area contributed by atoms with E-state index in [9.17, 15) is 8.78 Å². The van der Waals surface area contributed by atoms with Gasteiger partial charge in [-0.25, -0.2) is 13.8 Å². The zero-order chi connectivity index (χ0) is 15.1. The normalized spacial score (nSPS) is 13.2. The van der Waals surface area contributed by atoms with Crippen molar-refractivity contribution >= 4 is 19.4 Å². The predicted octanol–water partition coefficient (Wildman–Crippen LogP) is 4.88. The molecule has 1 N–H and O–H groups in total. The van der Waals surface area contributed by atoms with E-state index in [2.05, 4.69) is 43.8 Å². The van der Waals surface area contributed by atoms with E-state index in [1.54, 1.807) is 18.2 Å². The Morgan fingerprint density at radius 1 is 1.25 bits per heavy atom. The summed E-state index contributed by atoms with van der Waals surface area (Å²) in [7, 11) is -2.02. The zero-order valence-electron chi connectivity index (χ0n) is 12.4. The number of alkyl halides is 2. The lowest BCUT2D eigenvalue weighted by atomic mass is 10.2. The second-order valence-electron chi connectivity index (χ2n) is 6.44. The number of nitrogens with one attached hydrogen (secondary N) is 1. The minimum absolute atomic E-state index is 0.0387. The minimum Gasteiger partial charge on any atom is -0.542 e. The van der Waals surface area contributed by atoms with Gasteiger partial charge in [-0.05, 0) is 30.3 Å². The number of rotatable bonds is 3. The van der Waals surface area contributed by atoms with Gasteiger partial charge < -0.3 is 9.41 Å². The largest absolute Gasteiger partial charge is 0.542 e. The highest BCUT2D eigenvalue weighted by atomic mass is 28.4. The van der Waals surface area contributed by atoms with E-state index < -0.39 is 14.7 Å². The molecule has 2 aromatic rings. The van der Waals surface area contributed by atoms with Gasteiger partial charge in [0.2, 0.25) is 0 Å². The quantitative estimate of drug-likeness (QED) is 0.820. The van der Waals surface area contributed by atoms with Gasteiger partial charge in [-0.2, -0.15) is 0 Å². The molecule has 0 amide bonds. The maximum atomic E-state index is 12.7. The van der Waals surface area contributed by atoms with Gasteiger partial charge in [-0.3, -0.25) is 0 Å². The van der Waals surface area contributed by atoms with Gasteiger partial charge in [0.1, 0.15) is 11.3 Å². The molecular formula is C14H20F2N2OSi. The minimum atomic E-state index is -2.61. The van der Waals surface area contributed by atoms with Crippen molar-refractivity contribution < 1.29 is 13.2 Å². The molecule has 0 saturated heterocycles. The third-order valence-corrected chi connectivity index (χ3v) is 8.21. The first-order valence-electron chi connectivity index (χ1n) is 6.57. The summed E-state index contributed by atoms with van der Waals surface area (Å²) in [5, 5.41) is 0.0387. The predicted molar refractivity (Wildman–Crippen MR) is 78.9 cm³/mol. The fourth-order valence-corrected chi connectivity index (χ4v) is 2.66. The van der Waals surface area contributed by atoms with Crippen LogP contribution in [0, 0.1) is 0 Å². The van der Waals surface area contributed by atoms with E-state index in [0.29, 0.717) is 16.8 Å². The molecular weight excluding hydrogens is 278 g/mol. The van der Waals surface area contributed by atoms with Crippen molar-refractivity contribution in [3.63, 3.8) is 0 Å². The molecule has 0 radical (unpaired) electrons. The molecule has 0 unspecified atom stereocenters. The number of fused-ring (bicyclic) bond motifs is 1. The van der Waals surface area contributed by atoms with E-state index in [-0.39, 0.29) is 10.9 Å². The van der Waals surface area contributed by atoms with Gasteiger partial charge in [0, 0.05) is 0 Å². The molecule has 2 rings (SSSR count). The number of benzene rings is 1. The number of H-pyrrole nitrogens is 1. The van der Waals surface area contributed by atoms with Crippen molar-refractivity contribution in [3.8, 4) is 5.75 Å². The van der Waals surface area contributed by atoms with E-state index >= 15 is 0 Å². The molecule has 20 heavy (non-hydrogen) atoms. The molecule has 0 atom stereocenters. The Bertz CT molecular complexity index is 617. The van der Waals surface area contributed by atoms with Crippen LogP contribution in [0.2, 0.25) is 18.1 Å². The molecule has 0 saturated carbocycles. The van der Waals surface area contributed by atoms with Crippen molar-refractivity contribution in [2.75, 3.05) is 0 Å². The number of hydrogen-bond donors (Lipinski definition) is 1. The molecule has 110 valence electrons. The topological polar surface area (TPSA) is 37.9 Å². The van der Waals surface area contributed by atoms with Crippen LogP contribution in [0.3, 0.4) is 0 Å². The summed E-state index contributed by atoms with van der Waals surface area (Å²) in [6, 6.07) is 5.31. The first kappa shape index (κ1) is 15.0. The summed E-state index contributed by atoms with van der Waals surface area (Å²) >= 11 is 0. The van der Waals surface area contributed by atoms with Crippen LogP contribution in [0.4, 0.5) is 8.78 Å². The Hall–Kier alpha value is -1.43. The first-order valence-corrected chi connectivity index (χ1v) is 9.48. The number of para-hydroxylation sites is 1. The molecule has 0 bridgehead atoms. The Balaban J connectivity index is 2.45. The standard InChI is InChI=1S/C14H20F2N2OSi/c1-14(2,3)20(4,5)19-10-8-6-7-9-11(10)18-13(17-9)12(15)16/h6-8,12H,1-5H3,(H,17,18). The van der Waals surface area contributed by atoms with Crippen molar-refractivity contribution in [1.82, 2.24) is 9.97 Å². The first-order chi connectivity index (χ1) is 9.12. The number of halogens is 2. The number of nitrogens with zero attached hydrogens (tertiary/aromatic N) is 1. The lowest BCUT2D eigenvalue weighted by molar-refractivity contribution is 0.142. The van der Waals surface area contributed by atoms with Crippen molar-refractivity contribution in [3.05, 3.63) is 24.0 Å². The van der Waals surface area contributed by atoms with Crippen LogP contribution in [0.1, 0.15) is 33.0 Å². The second-order valence-corrected chi connectivity index (χ2v) is 11.2. The summed E-state index contributed by atoms with van der Waals surface area (Å²) in [6.45, 7) is 10.6. The van der Waals surface area contributed by atoms with Crippen molar-refractivity contribution in [2.24, 2.45) is 0 Å². The van der Waals surface area contributed by atoms with Crippen LogP contribution in [0.5, 0.6) is 5.75 Å². The number of imidazole rings is 1. The van der Waals surface area contributed by atoms with Gasteiger partial charge in [0.15, 0.2) is 5.82 Å². The summed E-state index contributed by atoms with van der Waals surface area (Å²) in [6.07, 6.45) is -2.61.